The van der Waals surface area contributed by atoms with Crippen molar-refractivity contribution < 1.29 is 4.79 Å². The van der Waals surface area contributed by atoms with Crippen LogP contribution in [-0.2, 0) is 4.79 Å². The van der Waals surface area contributed by atoms with Crippen LogP contribution in [0.3, 0.4) is 0 Å². The molecule has 0 amide bonds. The van der Waals surface area contributed by atoms with Gasteiger partial charge in [-0.1, -0.05) is 27.2 Å². The number of hydrogen-bond donors (Lipinski definition) is 0. The predicted octanol–water partition coefficient (Wildman–Crippen LogP) is 2.40. The summed E-state index contributed by atoms with van der Waals surface area (Å²) in [5.74, 6) is 0. The lowest BCUT2D eigenvalue weighted by Crippen LogP contribution is -2.10. The van der Waals surface area contributed by atoms with Crippen molar-refractivity contribution in [3.05, 3.63) is 0 Å². The Bertz CT molecular complexity index is 84.6. The molecule has 54 valence electrons. The molecule has 0 saturated heterocycles. The van der Waals surface area contributed by atoms with Crippen molar-refractivity contribution in [2.45, 2.75) is 40.0 Å². The monoisotopic (exact) mass is 128 g/mol. The summed E-state index contributed by atoms with van der Waals surface area (Å²) in [6.07, 6.45) is 4.02. The van der Waals surface area contributed by atoms with Crippen LogP contribution >= 0.6 is 0 Å². The first-order valence-electron chi connectivity index (χ1n) is 3.56. The lowest BCUT2D eigenvalue weighted by atomic mass is 9.85. The Kier molecular flexibility index (Phi) is 3.52. The fraction of sp³-hybridized carbons (Fsp3) is 0.875. The van der Waals surface area contributed by atoms with Gasteiger partial charge >= 0.3 is 0 Å². The van der Waals surface area contributed by atoms with Gasteiger partial charge in [-0.2, -0.15) is 0 Å². The van der Waals surface area contributed by atoms with Crippen molar-refractivity contribution in [1.82, 2.24) is 0 Å². The van der Waals surface area contributed by atoms with Crippen molar-refractivity contribution in [1.29, 1.82) is 0 Å². The summed E-state index contributed by atoms with van der Waals surface area (Å²) in [5.41, 5.74) is 0.233. The standard InChI is InChI=1S/C8H16O/c1-4-5-8(2,3)6-7-9/h7H,4-6H2,1-3H3. The Morgan fingerprint density at radius 1 is 1.44 bits per heavy atom. The Morgan fingerprint density at radius 3 is 2.33 bits per heavy atom. The van der Waals surface area contributed by atoms with E-state index in [1.165, 1.54) is 6.42 Å². The Balaban J connectivity index is 3.55. The molecule has 0 aliphatic heterocycles. The lowest BCUT2D eigenvalue weighted by molar-refractivity contribution is -0.109. The summed E-state index contributed by atoms with van der Waals surface area (Å²) < 4.78 is 0. The topological polar surface area (TPSA) is 17.1 Å². The molecule has 0 radical (unpaired) electrons. The second-order valence-corrected chi connectivity index (χ2v) is 3.29. The average molecular weight is 128 g/mol. The van der Waals surface area contributed by atoms with Gasteiger partial charge in [-0.3, -0.25) is 0 Å². The fourth-order valence-corrected chi connectivity index (χ4v) is 1.00. The Labute approximate surface area is 57.5 Å². The van der Waals surface area contributed by atoms with E-state index in [4.69, 9.17) is 0 Å². The van der Waals surface area contributed by atoms with Gasteiger partial charge in [0.25, 0.3) is 0 Å². The van der Waals surface area contributed by atoms with E-state index in [-0.39, 0.29) is 5.41 Å². The van der Waals surface area contributed by atoms with Gasteiger partial charge in [0.2, 0.25) is 0 Å². The third-order valence-corrected chi connectivity index (χ3v) is 1.56. The Morgan fingerprint density at radius 2 is 2.00 bits per heavy atom. The molecule has 0 aromatic rings. The molecule has 0 bridgehead atoms. The van der Waals surface area contributed by atoms with Crippen molar-refractivity contribution in [3.63, 3.8) is 0 Å². The zero-order chi connectivity index (χ0) is 7.33. The Hall–Kier alpha value is -0.330. The van der Waals surface area contributed by atoms with Crippen LogP contribution in [0.5, 0.6) is 0 Å². The van der Waals surface area contributed by atoms with E-state index < -0.39 is 0 Å². The zero-order valence-corrected chi connectivity index (χ0v) is 6.61. The molecule has 0 fully saturated rings. The highest BCUT2D eigenvalue weighted by Crippen LogP contribution is 2.24. The quantitative estimate of drug-likeness (QED) is 0.531. The molecule has 1 nitrogen and oxygen atoms in total. The molecule has 0 heterocycles. The second kappa shape index (κ2) is 3.65. The maximum Gasteiger partial charge on any atom is 0.120 e. The molecule has 0 unspecified atom stereocenters. The molecule has 0 saturated carbocycles. The first kappa shape index (κ1) is 8.67. The molecule has 0 atom stereocenters. The van der Waals surface area contributed by atoms with Gasteiger partial charge in [0.05, 0.1) is 0 Å². The van der Waals surface area contributed by atoms with Crippen LogP contribution in [0.2, 0.25) is 0 Å². The number of rotatable bonds is 4. The van der Waals surface area contributed by atoms with E-state index in [1.807, 2.05) is 0 Å². The number of carbonyl (C=O) groups is 1. The van der Waals surface area contributed by atoms with Gasteiger partial charge in [0, 0.05) is 6.42 Å². The summed E-state index contributed by atoms with van der Waals surface area (Å²) in [5, 5.41) is 0. The fourth-order valence-electron chi connectivity index (χ4n) is 1.00. The zero-order valence-electron chi connectivity index (χ0n) is 6.61. The van der Waals surface area contributed by atoms with Crippen LogP contribution in [0.15, 0.2) is 0 Å². The van der Waals surface area contributed by atoms with Crippen molar-refractivity contribution in [2.24, 2.45) is 5.41 Å². The molecule has 9 heavy (non-hydrogen) atoms. The van der Waals surface area contributed by atoms with E-state index in [1.54, 1.807) is 0 Å². The summed E-state index contributed by atoms with van der Waals surface area (Å²) in [6, 6.07) is 0. The molecule has 1 heteroatoms. The molecule has 0 N–H and O–H groups in total. The average Bonchev–Trinajstić information content (AvgIpc) is 1.64. The normalized spacial score (nSPS) is 11.4. The molecule has 0 aromatic heterocycles. The van der Waals surface area contributed by atoms with E-state index in [9.17, 15) is 4.79 Å². The number of aldehydes is 1. The van der Waals surface area contributed by atoms with E-state index in [0.717, 1.165) is 12.7 Å². The molecule has 0 rings (SSSR count). The summed E-state index contributed by atoms with van der Waals surface area (Å²) in [6.45, 7) is 6.41. The highest BCUT2D eigenvalue weighted by molar-refractivity contribution is 5.50. The largest absolute Gasteiger partial charge is 0.303 e. The smallest absolute Gasteiger partial charge is 0.120 e. The van der Waals surface area contributed by atoms with E-state index in [2.05, 4.69) is 20.8 Å². The van der Waals surface area contributed by atoms with E-state index >= 15 is 0 Å². The number of hydrogen-bond acceptors (Lipinski definition) is 1. The SMILES string of the molecule is CCCC(C)(C)CC=O. The first-order chi connectivity index (χ1) is 4.12. The highest BCUT2D eigenvalue weighted by atomic mass is 16.1. The highest BCUT2D eigenvalue weighted by Gasteiger charge is 2.14. The maximum absolute atomic E-state index is 10.1. The lowest BCUT2D eigenvalue weighted by Gasteiger charge is -2.19. The minimum Gasteiger partial charge on any atom is -0.303 e. The minimum absolute atomic E-state index is 0.233. The second-order valence-electron chi connectivity index (χ2n) is 3.29. The van der Waals surface area contributed by atoms with Crippen molar-refractivity contribution in [2.75, 3.05) is 0 Å². The molecule has 0 aromatic carbocycles. The van der Waals surface area contributed by atoms with E-state index in [0.29, 0.717) is 6.42 Å². The molecule has 0 aliphatic carbocycles. The van der Waals surface area contributed by atoms with Gasteiger partial charge in [-0.05, 0) is 11.8 Å². The number of carbonyl (C=O) groups excluding carboxylic acids is 1. The molecule has 0 aliphatic rings. The first-order valence-corrected chi connectivity index (χ1v) is 3.56. The molecular weight excluding hydrogens is 112 g/mol. The van der Waals surface area contributed by atoms with Crippen molar-refractivity contribution >= 4 is 6.29 Å². The van der Waals surface area contributed by atoms with Gasteiger partial charge in [0.1, 0.15) is 6.29 Å². The van der Waals surface area contributed by atoms with Gasteiger partial charge < -0.3 is 4.79 Å². The van der Waals surface area contributed by atoms with Crippen LogP contribution < -0.4 is 0 Å². The minimum atomic E-state index is 0.233. The summed E-state index contributed by atoms with van der Waals surface area (Å²) in [7, 11) is 0. The third-order valence-electron chi connectivity index (χ3n) is 1.56. The van der Waals surface area contributed by atoms with Gasteiger partial charge in [0.15, 0.2) is 0 Å². The van der Waals surface area contributed by atoms with Gasteiger partial charge in [-0.25, -0.2) is 0 Å². The third kappa shape index (κ3) is 4.19. The maximum atomic E-state index is 10.1. The van der Waals surface area contributed by atoms with Crippen LogP contribution in [0.1, 0.15) is 40.0 Å². The summed E-state index contributed by atoms with van der Waals surface area (Å²) >= 11 is 0. The van der Waals surface area contributed by atoms with Crippen LogP contribution in [-0.4, -0.2) is 6.29 Å². The van der Waals surface area contributed by atoms with Crippen LogP contribution in [0.25, 0.3) is 0 Å². The van der Waals surface area contributed by atoms with Gasteiger partial charge in [-0.15, -0.1) is 0 Å². The summed E-state index contributed by atoms with van der Waals surface area (Å²) in [4.78, 5) is 10.1. The van der Waals surface area contributed by atoms with Crippen LogP contribution in [0.4, 0.5) is 0 Å². The van der Waals surface area contributed by atoms with Crippen LogP contribution in [0, 0.1) is 5.41 Å². The molecular formula is C8H16O. The predicted molar refractivity (Wildman–Crippen MR) is 39.4 cm³/mol. The molecule has 0 spiro atoms. The van der Waals surface area contributed by atoms with Crippen molar-refractivity contribution in [3.8, 4) is 0 Å².